The van der Waals surface area contributed by atoms with Crippen LogP contribution in [0.3, 0.4) is 0 Å². The summed E-state index contributed by atoms with van der Waals surface area (Å²) in [5.74, 6) is 0.303. The van der Waals surface area contributed by atoms with Crippen molar-refractivity contribution in [3.63, 3.8) is 0 Å². The summed E-state index contributed by atoms with van der Waals surface area (Å²) < 4.78 is 5.48. The molecule has 8 nitrogen and oxygen atoms in total. The Hall–Kier alpha value is -2.83. The van der Waals surface area contributed by atoms with Gasteiger partial charge in [0.15, 0.2) is 5.82 Å². The Morgan fingerprint density at radius 1 is 1.52 bits per heavy atom. The number of methoxy groups -OCH3 is 1. The van der Waals surface area contributed by atoms with E-state index in [1.165, 1.54) is 12.3 Å². The van der Waals surface area contributed by atoms with Crippen molar-refractivity contribution in [3.05, 3.63) is 61.2 Å². The standard InChI is InChI=1S/C16H14BrN5O3/c1-10-5-12(9-25-2)13(7-18)16(20-10)21-19-8-11-3-4-14(17)15(6-11)22(23)24/h3-6,8H,9H2,1-2H3,(H,20,21)/b19-8+. The van der Waals surface area contributed by atoms with Crippen LogP contribution in [0.5, 0.6) is 0 Å². The highest BCUT2D eigenvalue weighted by molar-refractivity contribution is 9.10. The number of pyridine rings is 1. The van der Waals surface area contributed by atoms with E-state index in [0.29, 0.717) is 32.7 Å². The Balaban J connectivity index is 2.27. The van der Waals surface area contributed by atoms with E-state index in [2.05, 4.69) is 37.5 Å². The van der Waals surface area contributed by atoms with Crippen LogP contribution in [0.25, 0.3) is 0 Å². The van der Waals surface area contributed by atoms with Gasteiger partial charge in [-0.25, -0.2) is 4.98 Å². The van der Waals surface area contributed by atoms with Crippen LogP contribution in [0.4, 0.5) is 11.5 Å². The first-order valence-corrected chi connectivity index (χ1v) is 7.88. The Bertz CT molecular complexity index is 877. The molecule has 1 aromatic carbocycles. The molecule has 2 aromatic rings. The van der Waals surface area contributed by atoms with E-state index in [-0.39, 0.29) is 12.3 Å². The Morgan fingerprint density at radius 3 is 2.92 bits per heavy atom. The first-order valence-electron chi connectivity index (χ1n) is 7.08. The monoisotopic (exact) mass is 403 g/mol. The lowest BCUT2D eigenvalue weighted by atomic mass is 10.1. The molecule has 0 bridgehead atoms. The summed E-state index contributed by atoms with van der Waals surface area (Å²) in [6, 6.07) is 8.49. The molecule has 9 heteroatoms. The van der Waals surface area contributed by atoms with Gasteiger partial charge in [-0.05, 0) is 35.0 Å². The normalized spacial score (nSPS) is 10.6. The van der Waals surface area contributed by atoms with Crippen molar-refractivity contribution in [3.8, 4) is 6.07 Å². The van der Waals surface area contributed by atoms with Gasteiger partial charge >= 0.3 is 0 Å². The topological polar surface area (TPSA) is 113 Å². The number of nitro benzene ring substituents is 1. The zero-order valence-electron chi connectivity index (χ0n) is 13.5. The molecule has 0 saturated carbocycles. The van der Waals surface area contributed by atoms with Crippen molar-refractivity contribution in [2.24, 2.45) is 5.10 Å². The molecule has 0 amide bonds. The maximum atomic E-state index is 10.9. The fraction of sp³-hybridized carbons (Fsp3) is 0.188. The molecule has 0 aliphatic carbocycles. The number of halogens is 1. The molecule has 0 unspecified atom stereocenters. The number of aryl methyl sites for hydroxylation is 1. The number of ether oxygens (including phenoxy) is 1. The Labute approximate surface area is 152 Å². The summed E-state index contributed by atoms with van der Waals surface area (Å²) in [6.07, 6.45) is 1.42. The molecule has 0 radical (unpaired) electrons. The molecule has 0 aliphatic heterocycles. The lowest BCUT2D eigenvalue weighted by Gasteiger charge is -2.09. The number of hydrazone groups is 1. The van der Waals surface area contributed by atoms with E-state index in [1.807, 2.05) is 0 Å². The number of rotatable bonds is 6. The number of nitrogens with one attached hydrogen (secondary N) is 1. The number of anilines is 1. The SMILES string of the molecule is COCc1cc(C)nc(N/N=C/c2ccc(Br)c([N+](=O)[O-])c2)c1C#N. The predicted molar refractivity (Wildman–Crippen MR) is 96.4 cm³/mol. The molecule has 2 rings (SSSR count). The van der Waals surface area contributed by atoms with Crippen LogP contribution in [0.15, 0.2) is 33.8 Å². The number of nitro groups is 1. The second-order valence-corrected chi connectivity index (χ2v) is 5.88. The summed E-state index contributed by atoms with van der Waals surface area (Å²) in [7, 11) is 1.54. The van der Waals surface area contributed by atoms with E-state index in [9.17, 15) is 15.4 Å². The molecule has 0 saturated heterocycles. The highest BCUT2D eigenvalue weighted by atomic mass is 79.9. The van der Waals surface area contributed by atoms with Gasteiger partial charge in [-0.3, -0.25) is 15.5 Å². The van der Waals surface area contributed by atoms with E-state index < -0.39 is 4.92 Å². The molecule has 128 valence electrons. The third-order valence-corrected chi connectivity index (χ3v) is 3.86. The third kappa shape index (κ3) is 4.59. The molecule has 1 aromatic heterocycles. The minimum atomic E-state index is -0.484. The van der Waals surface area contributed by atoms with Crippen molar-refractivity contribution in [2.75, 3.05) is 12.5 Å². The second kappa shape index (κ2) is 8.32. The lowest BCUT2D eigenvalue weighted by molar-refractivity contribution is -0.385. The van der Waals surface area contributed by atoms with Crippen molar-refractivity contribution in [1.29, 1.82) is 5.26 Å². The zero-order chi connectivity index (χ0) is 18.4. The minimum Gasteiger partial charge on any atom is -0.380 e. The summed E-state index contributed by atoms with van der Waals surface area (Å²) in [6.45, 7) is 2.08. The summed E-state index contributed by atoms with van der Waals surface area (Å²) in [5, 5.41) is 24.3. The molecule has 0 fully saturated rings. The highest BCUT2D eigenvalue weighted by Gasteiger charge is 2.12. The average Bonchev–Trinajstić information content (AvgIpc) is 2.56. The van der Waals surface area contributed by atoms with Crippen molar-refractivity contribution in [2.45, 2.75) is 13.5 Å². The van der Waals surface area contributed by atoms with Crippen molar-refractivity contribution < 1.29 is 9.66 Å². The first kappa shape index (κ1) is 18.5. The largest absolute Gasteiger partial charge is 0.380 e. The van der Waals surface area contributed by atoms with Gasteiger partial charge < -0.3 is 4.74 Å². The van der Waals surface area contributed by atoms with Gasteiger partial charge in [-0.2, -0.15) is 10.4 Å². The van der Waals surface area contributed by atoms with Gasteiger partial charge in [0.05, 0.1) is 22.2 Å². The Morgan fingerprint density at radius 2 is 2.28 bits per heavy atom. The van der Waals surface area contributed by atoms with Gasteiger partial charge in [-0.1, -0.05) is 6.07 Å². The number of nitrogens with zero attached hydrogens (tertiary/aromatic N) is 4. The quantitative estimate of drug-likeness (QED) is 0.448. The van der Waals surface area contributed by atoms with Crippen LogP contribution in [0.1, 0.15) is 22.4 Å². The number of nitriles is 1. The van der Waals surface area contributed by atoms with E-state index in [4.69, 9.17) is 4.74 Å². The molecule has 0 atom stereocenters. The fourth-order valence-electron chi connectivity index (χ4n) is 2.13. The van der Waals surface area contributed by atoms with E-state index in [0.717, 1.165) is 0 Å². The van der Waals surface area contributed by atoms with E-state index >= 15 is 0 Å². The average molecular weight is 404 g/mol. The van der Waals surface area contributed by atoms with Gasteiger partial charge in [0.1, 0.15) is 11.6 Å². The third-order valence-electron chi connectivity index (χ3n) is 3.19. The number of hydrogen-bond donors (Lipinski definition) is 1. The van der Waals surface area contributed by atoms with Gasteiger partial charge in [0, 0.05) is 30.0 Å². The molecule has 1 N–H and O–H groups in total. The molecule has 0 aliphatic rings. The van der Waals surface area contributed by atoms with Crippen LogP contribution in [0, 0.1) is 28.4 Å². The van der Waals surface area contributed by atoms with Crippen molar-refractivity contribution in [1.82, 2.24) is 4.98 Å². The minimum absolute atomic E-state index is 0.0577. The molecular formula is C16H14BrN5O3. The number of aromatic nitrogens is 1. The zero-order valence-corrected chi connectivity index (χ0v) is 15.1. The Kier molecular flexibility index (Phi) is 6.16. The van der Waals surface area contributed by atoms with Gasteiger partial charge in [0.25, 0.3) is 5.69 Å². The number of hydrogen-bond acceptors (Lipinski definition) is 7. The maximum absolute atomic E-state index is 10.9. The lowest BCUT2D eigenvalue weighted by Crippen LogP contribution is -2.03. The van der Waals surface area contributed by atoms with Gasteiger partial charge in [0.2, 0.25) is 0 Å². The molecular weight excluding hydrogens is 390 g/mol. The van der Waals surface area contributed by atoms with Crippen LogP contribution < -0.4 is 5.43 Å². The van der Waals surface area contributed by atoms with Crippen LogP contribution in [0.2, 0.25) is 0 Å². The summed E-state index contributed by atoms with van der Waals surface area (Å²) in [4.78, 5) is 14.7. The highest BCUT2D eigenvalue weighted by Crippen LogP contribution is 2.25. The molecule has 0 spiro atoms. The fourth-order valence-corrected chi connectivity index (χ4v) is 2.53. The predicted octanol–water partition coefficient (Wildman–Crippen LogP) is 3.52. The smallest absolute Gasteiger partial charge is 0.284 e. The second-order valence-electron chi connectivity index (χ2n) is 5.03. The van der Waals surface area contributed by atoms with E-state index in [1.54, 1.807) is 32.2 Å². The van der Waals surface area contributed by atoms with Crippen LogP contribution in [-0.4, -0.2) is 23.2 Å². The van der Waals surface area contributed by atoms with Crippen LogP contribution in [-0.2, 0) is 11.3 Å². The molecule has 25 heavy (non-hydrogen) atoms. The summed E-state index contributed by atoms with van der Waals surface area (Å²) >= 11 is 3.13. The van der Waals surface area contributed by atoms with Crippen LogP contribution >= 0.6 is 15.9 Å². The number of benzene rings is 1. The first-order chi connectivity index (χ1) is 12.0. The van der Waals surface area contributed by atoms with Crippen molar-refractivity contribution >= 4 is 33.6 Å². The summed E-state index contributed by atoms with van der Waals surface area (Å²) in [5.41, 5.74) is 4.94. The maximum Gasteiger partial charge on any atom is 0.284 e. The van der Waals surface area contributed by atoms with Gasteiger partial charge in [-0.15, -0.1) is 0 Å². The molecule has 1 heterocycles.